The monoisotopic (exact) mass is 302 g/mol. The molecule has 18 heavy (non-hydrogen) atoms. The van der Waals surface area contributed by atoms with Gasteiger partial charge in [0.15, 0.2) is 0 Å². The first kappa shape index (κ1) is 12.5. The third-order valence-electron chi connectivity index (χ3n) is 2.55. The number of ether oxygens (including phenoxy) is 1. The molecular weight excluding hydrogens is 292 g/mol. The molecule has 0 fully saturated rings. The third-order valence-corrected chi connectivity index (χ3v) is 3.20. The van der Waals surface area contributed by atoms with Crippen LogP contribution in [0.25, 0.3) is 0 Å². The van der Waals surface area contributed by atoms with Crippen LogP contribution in [0.4, 0.5) is 5.69 Å². The summed E-state index contributed by atoms with van der Waals surface area (Å²) in [5, 5.41) is 8.83. The molecule has 2 rings (SSSR count). The number of nitrogens with two attached hydrogens (primary N) is 1. The van der Waals surface area contributed by atoms with Crippen LogP contribution in [0.15, 0.2) is 40.9 Å². The van der Waals surface area contributed by atoms with Crippen LogP contribution in [-0.4, -0.2) is 0 Å². The molecule has 4 heteroatoms. The van der Waals surface area contributed by atoms with Gasteiger partial charge in [0, 0.05) is 16.2 Å². The van der Waals surface area contributed by atoms with Crippen molar-refractivity contribution in [1.29, 1.82) is 5.26 Å². The highest BCUT2D eigenvalue weighted by Crippen LogP contribution is 2.28. The summed E-state index contributed by atoms with van der Waals surface area (Å²) in [5.41, 5.74) is 8.10. The van der Waals surface area contributed by atoms with Gasteiger partial charge in [0.25, 0.3) is 0 Å². The van der Waals surface area contributed by atoms with E-state index in [0.29, 0.717) is 27.2 Å². The Morgan fingerprint density at radius 1 is 1.17 bits per heavy atom. The van der Waals surface area contributed by atoms with Gasteiger partial charge in [-0.05, 0) is 52.7 Å². The highest BCUT2D eigenvalue weighted by atomic mass is 79.9. The zero-order chi connectivity index (χ0) is 13.1. The number of nitrogen functional groups attached to an aromatic ring is 1. The number of nitriles is 1. The molecule has 0 heterocycles. The van der Waals surface area contributed by atoms with Crippen LogP contribution in [0.3, 0.4) is 0 Å². The molecule has 2 aromatic rings. The molecular formula is C14H11BrN2O. The average Bonchev–Trinajstić information content (AvgIpc) is 2.34. The van der Waals surface area contributed by atoms with Gasteiger partial charge in [-0.1, -0.05) is 6.07 Å². The van der Waals surface area contributed by atoms with E-state index in [-0.39, 0.29) is 0 Å². The first-order valence-corrected chi connectivity index (χ1v) is 6.13. The molecule has 0 saturated carbocycles. The predicted molar refractivity (Wildman–Crippen MR) is 74.5 cm³/mol. The van der Waals surface area contributed by atoms with Crippen LogP contribution in [0.2, 0.25) is 0 Å². The van der Waals surface area contributed by atoms with Gasteiger partial charge in [-0.2, -0.15) is 5.26 Å². The van der Waals surface area contributed by atoms with Crippen molar-refractivity contribution in [3.05, 3.63) is 52.0 Å². The normalized spacial score (nSPS) is 9.83. The fraction of sp³-hybridized carbons (Fsp3) is 0.0714. The zero-order valence-corrected chi connectivity index (χ0v) is 11.4. The van der Waals surface area contributed by atoms with Crippen molar-refractivity contribution in [2.45, 2.75) is 6.92 Å². The van der Waals surface area contributed by atoms with Gasteiger partial charge >= 0.3 is 0 Å². The van der Waals surface area contributed by atoms with Gasteiger partial charge in [0.2, 0.25) is 0 Å². The number of aryl methyl sites for hydroxylation is 1. The van der Waals surface area contributed by atoms with Crippen LogP contribution in [0.5, 0.6) is 11.5 Å². The first-order valence-electron chi connectivity index (χ1n) is 5.34. The Morgan fingerprint density at radius 2 is 1.83 bits per heavy atom. The summed E-state index contributed by atoms with van der Waals surface area (Å²) in [7, 11) is 0. The van der Waals surface area contributed by atoms with Crippen molar-refractivity contribution in [3.8, 4) is 17.6 Å². The summed E-state index contributed by atoms with van der Waals surface area (Å²) < 4.78 is 6.39. The van der Waals surface area contributed by atoms with Gasteiger partial charge in [-0.15, -0.1) is 0 Å². The average molecular weight is 303 g/mol. The zero-order valence-electron chi connectivity index (χ0n) is 9.77. The quantitative estimate of drug-likeness (QED) is 0.853. The van der Waals surface area contributed by atoms with Crippen LogP contribution in [0.1, 0.15) is 11.1 Å². The molecule has 0 unspecified atom stereocenters. The van der Waals surface area contributed by atoms with E-state index in [0.717, 1.165) is 5.56 Å². The second-order valence-corrected chi connectivity index (χ2v) is 4.73. The van der Waals surface area contributed by atoms with Crippen molar-refractivity contribution in [2.24, 2.45) is 0 Å². The minimum Gasteiger partial charge on any atom is -0.457 e. The van der Waals surface area contributed by atoms with Crippen LogP contribution >= 0.6 is 15.9 Å². The fourth-order valence-electron chi connectivity index (χ4n) is 1.47. The molecule has 90 valence electrons. The van der Waals surface area contributed by atoms with Crippen LogP contribution < -0.4 is 10.5 Å². The Labute approximate surface area is 114 Å². The molecule has 0 aliphatic rings. The molecule has 0 saturated heterocycles. The SMILES string of the molecule is Cc1ccc(Oc2ccc(C#N)c(Br)c2)cc1N. The summed E-state index contributed by atoms with van der Waals surface area (Å²) in [6, 6.07) is 12.8. The van der Waals surface area contributed by atoms with Gasteiger partial charge < -0.3 is 10.5 Å². The van der Waals surface area contributed by atoms with Crippen LogP contribution in [-0.2, 0) is 0 Å². The van der Waals surface area contributed by atoms with Gasteiger partial charge in [0.05, 0.1) is 5.56 Å². The number of benzene rings is 2. The number of halogens is 1. The Kier molecular flexibility index (Phi) is 3.54. The standard InChI is InChI=1S/C14H11BrN2O/c1-9-2-4-12(7-14(9)17)18-11-5-3-10(8-16)13(15)6-11/h2-7H,17H2,1H3. The van der Waals surface area contributed by atoms with E-state index in [2.05, 4.69) is 22.0 Å². The maximum atomic E-state index is 8.83. The molecule has 0 bridgehead atoms. The van der Waals surface area contributed by atoms with E-state index in [1.54, 1.807) is 24.3 Å². The molecule has 0 aliphatic carbocycles. The maximum absolute atomic E-state index is 8.83. The maximum Gasteiger partial charge on any atom is 0.129 e. The summed E-state index contributed by atoms with van der Waals surface area (Å²) in [6.07, 6.45) is 0. The number of rotatable bonds is 2. The summed E-state index contributed by atoms with van der Waals surface area (Å²) in [4.78, 5) is 0. The lowest BCUT2D eigenvalue weighted by Gasteiger charge is -2.08. The van der Waals surface area contributed by atoms with E-state index in [1.807, 2.05) is 19.1 Å². The number of anilines is 1. The van der Waals surface area contributed by atoms with Crippen molar-refractivity contribution >= 4 is 21.6 Å². The van der Waals surface area contributed by atoms with E-state index in [9.17, 15) is 0 Å². The molecule has 0 amide bonds. The summed E-state index contributed by atoms with van der Waals surface area (Å²) >= 11 is 3.32. The molecule has 3 nitrogen and oxygen atoms in total. The Hall–Kier alpha value is -1.99. The fourth-order valence-corrected chi connectivity index (χ4v) is 1.91. The highest BCUT2D eigenvalue weighted by molar-refractivity contribution is 9.10. The molecule has 2 aromatic carbocycles. The van der Waals surface area contributed by atoms with Gasteiger partial charge in [0.1, 0.15) is 17.6 Å². The summed E-state index contributed by atoms with van der Waals surface area (Å²) in [5.74, 6) is 1.33. The largest absolute Gasteiger partial charge is 0.457 e. The molecule has 0 spiro atoms. The lowest BCUT2D eigenvalue weighted by Crippen LogP contribution is -1.91. The highest BCUT2D eigenvalue weighted by Gasteiger charge is 2.03. The van der Waals surface area contributed by atoms with Gasteiger partial charge in [-0.3, -0.25) is 0 Å². The molecule has 2 N–H and O–H groups in total. The number of hydrogen-bond acceptors (Lipinski definition) is 3. The van der Waals surface area contributed by atoms with Gasteiger partial charge in [-0.25, -0.2) is 0 Å². The topological polar surface area (TPSA) is 59.0 Å². The lowest BCUT2D eigenvalue weighted by atomic mass is 10.2. The Balaban J connectivity index is 2.26. The number of hydrogen-bond donors (Lipinski definition) is 1. The second kappa shape index (κ2) is 5.11. The molecule has 0 aliphatic heterocycles. The summed E-state index contributed by atoms with van der Waals surface area (Å²) in [6.45, 7) is 1.94. The van der Waals surface area contributed by atoms with E-state index < -0.39 is 0 Å². The first-order chi connectivity index (χ1) is 8.60. The number of nitrogens with zero attached hydrogens (tertiary/aromatic N) is 1. The Morgan fingerprint density at radius 3 is 2.44 bits per heavy atom. The van der Waals surface area contributed by atoms with E-state index in [4.69, 9.17) is 15.7 Å². The Bertz CT molecular complexity index is 632. The van der Waals surface area contributed by atoms with E-state index in [1.165, 1.54) is 0 Å². The molecule has 0 atom stereocenters. The third kappa shape index (κ3) is 2.63. The molecule has 0 aromatic heterocycles. The van der Waals surface area contributed by atoms with E-state index >= 15 is 0 Å². The smallest absolute Gasteiger partial charge is 0.129 e. The van der Waals surface area contributed by atoms with Crippen LogP contribution in [0, 0.1) is 18.3 Å². The predicted octanol–water partition coefficient (Wildman–Crippen LogP) is 4.00. The van der Waals surface area contributed by atoms with Crippen molar-refractivity contribution in [1.82, 2.24) is 0 Å². The second-order valence-electron chi connectivity index (χ2n) is 3.87. The van der Waals surface area contributed by atoms with Crippen molar-refractivity contribution in [3.63, 3.8) is 0 Å². The molecule has 0 radical (unpaired) electrons. The minimum absolute atomic E-state index is 0.575. The van der Waals surface area contributed by atoms with Crippen molar-refractivity contribution < 1.29 is 4.74 Å². The lowest BCUT2D eigenvalue weighted by molar-refractivity contribution is 0.482. The minimum atomic E-state index is 0.575. The van der Waals surface area contributed by atoms with Crippen molar-refractivity contribution in [2.75, 3.05) is 5.73 Å².